The van der Waals surface area contributed by atoms with E-state index in [2.05, 4.69) is 61.9 Å². The van der Waals surface area contributed by atoms with E-state index in [1.807, 2.05) is 38.1 Å². The Bertz CT molecular complexity index is 909. The third-order valence-electron chi connectivity index (χ3n) is 4.52. The van der Waals surface area contributed by atoms with Gasteiger partial charge >= 0.3 is 33.3 Å². The van der Waals surface area contributed by atoms with Crippen LogP contribution in [0.1, 0.15) is 36.4 Å². The summed E-state index contributed by atoms with van der Waals surface area (Å²) in [4.78, 5) is 9.51. The zero-order valence-electron chi connectivity index (χ0n) is 17.2. The van der Waals surface area contributed by atoms with Gasteiger partial charge in [-0.1, -0.05) is 35.4 Å². The Morgan fingerprint density at radius 1 is 0.690 bits per heavy atom. The molecule has 0 aliphatic heterocycles. The standard InChI is InChI=1S/C23H25N3.2ClH.Fe/c1-16-6-10-20(11-7-16)24-18(3)22-14-15-23(26(22)5)19(4)25-21-12-8-17(2)9-13-21;;;/h6-15H,1-5H3;2*1H;/q;;;+2/p-2. The summed E-state index contributed by atoms with van der Waals surface area (Å²) >= 11 is 0.194. The Kier molecular flexibility index (Phi) is 9.19. The van der Waals surface area contributed by atoms with E-state index < -0.39 is 0 Å². The third-order valence-corrected chi connectivity index (χ3v) is 4.52. The van der Waals surface area contributed by atoms with E-state index in [1.165, 1.54) is 11.1 Å². The first-order chi connectivity index (χ1) is 13.8. The van der Waals surface area contributed by atoms with E-state index in [-0.39, 0.29) is 13.1 Å². The monoisotopic (exact) mass is 469 g/mol. The Balaban J connectivity index is 0.000000941. The van der Waals surface area contributed by atoms with Crippen LogP contribution in [0.3, 0.4) is 0 Å². The van der Waals surface area contributed by atoms with Crippen molar-refractivity contribution in [3.63, 3.8) is 0 Å². The van der Waals surface area contributed by atoms with Gasteiger partial charge in [-0.05, 0) is 64.1 Å². The number of aromatic nitrogens is 1. The summed E-state index contributed by atoms with van der Waals surface area (Å²) in [7, 11) is 11.6. The summed E-state index contributed by atoms with van der Waals surface area (Å²) in [6.45, 7) is 8.26. The molecule has 0 unspecified atom stereocenters. The fraction of sp³-hybridized carbons (Fsp3) is 0.217. The maximum absolute atomic E-state index is 4.76. The molecule has 0 spiro atoms. The SMILES string of the molecule is CC(=Nc1ccc(C)cc1)c1ccc(C(C)=Nc2ccc(C)cc2)n1C.[Cl][Fe][Cl]. The molecule has 6 heteroatoms. The molecule has 3 rings (SSSR count). The Morgan fingerprint density at radius 3 is 1.31 bits per heavy atom. The van der Waals surface area contributed by atoms with E-state index in [4.69, 9.17) is 30.2 Å². The van der Waals surface area contributed by atoms with Crippen molar-refractivity contribution in [2.24, 2.45) is 17.0 Å². The summed E-state index contributed by atoms with van der Waals surface area (Å²) in [6, 6.07) is 20.7. The van der Waals surface area contributed by atoms with Crippen LogP contribution in [-0.2, 0) is 20.2 Å². The fourth-order valence-corrected chi connectivity index (χ4v) is 2.98. The maximum atomic E-state index is 4.76. The first-order valence-corrected chi connectivity index (χ1v) is 12.1. The van der Waals surface area contributed by atoms with Crippen LogP contribution in [0.2, 0.25) is 0 Å². The van der Waals surface area contributed by atoms with Crippen molar-refractivity contribution in [3.05, 3.63) is 83.2 Å². The molecule has 0 radical (unpaired) electrons. The average Bonchev–Trinajstić information content (AvgIpc) is 3.08. The summed E-state index contributed by atoms with van der Waals surface area (Å²) in [5.41, 5.74) is 8.60. The summed E-state index contributed by atoms with van der Waals surface area (Å²) in [5, 5.41) is 0. The van der Waals surface area contributed by atoms with Gasteiger partial charge in [0.25, 0.3) is 0 Å². The van der Waals surface area contributed by atoms with Crippen molar-refractivity contribution < 1.29 is 13.1 Å². The molecule has 0 amide bonds. The molecule has 0 aliphatic rings. The molecule has 0 N–H and O–H groups in total. The molecule has 1 aromatic heterocycles. The van der Waals surface area contributed by atoms with Gasteiger partial charge in [0.2, 0.25) is 0 Å². The quantitative estimate of drug-likeness (QED) is 0.283. The van der Waals surface area contributed by atoms with Gasteiger partial charge in [-0.2, -0.15) is 0 Å². The zero-order chi connectivity index (χ0) is 21.4. The number of benzene rings is 2. The van der Waals surface area contributed by atoms with Crippen LogP contribution in [0.25, 0.3) is 0 Å². The van der Waals surface area contributed by atoms with Gasteiger partial charge in [0, 0.05) is 7.05 Å². The Hall–Kier alpha value is -1.84. The average molecular weight is 470 g/mol. The Morgan fingerprint density at radius 2 is 1.00 bits per heavy atom. The van der Waals surface area contributed by atoms with Crippen LogP contribution in [0, 0.1) is 13.8 Å². The predicted molar refractivity (Wildman–Crippen MR) is 123 cm³/mol. The van der Waals surface area contributed by atoms with Crippen LogP contribution < -0.4 is 0 Å². The minimum absolute atomic E-state index is 0.194. The molecule has 3 aromatic rings. The first kappa shape index (κ1) is 23.4. The van der Waals surface area contributed by atoms with Crippen molar-refractivity contribution in [2.75, 3.05) is 0 Å². The van der Waals surface area contributed by atoms with E-state index in [0.717, 1.165) is 34.2 Å². The number of halogens is 2. The molecule has 3 nitrogen and oxygen atoms in total. The Labute approximate surface area is 188 Å². The van der Waals surface area contributed by atoms with Crippen LogP contribution in [-0.4, -0.2) is 16.0 Å². The molecular formula is C23H25Cl2FeN3. The van der Waals surface area contributed by atoms with Crippen LogP contribution in [0.5, 0.6) is 0 Å². The summed E-state index contributed by atoms with van der Waals surface area (Å²) < 4.78 is 2.15. The predicted octanol–water partition coefficient (Wildman–Crippen LogP) is 7.30. The number of nitrogens with zero attached hydrogens (tertiary/aromatic N) is 3. The second-order valence-corrected chi connectivity index (χ2v) is 8.60. The normalized spacial score (nSPS) is 12.0. The van der Waals surface area contributed by atoms with Crippen molar-refractivity contribution in [3.8, 4) is 0 Å². The number of aliphatic imine (C=N–C) groups is 2. The van der Waals surface area contributed by atoms with Gasteiger partial charge < -0.3 is 4.57 Å². The van der Waals surface area contributed by atoms with E-state index in [9.17, 15) is 0 Å². The van der Waals surface area contributed by atoms with Crippen molar-refractivity contribution >= 4 is 43.0 Å². The van der Waals surface area contributed by atoms with Crippen molar-refractivity contribution in [2.45, 2.75) is 27.7 Å². The molecule has 154 valence electrons. The topological polar surface area (TPSA) is 29.6 Å². The first-order valence-electron chi connectivity index (χ1n) is 9.11. The van der Waals surface area contributed by atoms with Gasteiger partial charge in [-0.3, -0.25) is 9.98 Å². The van der Waals surface area contributed by atoms with Crippen molar-refractivity contribution in [1.29, 1.82) is 0 Å². The molecule has 2 aromatic carbocycles. The van der Waals surface area contributed by atoms with E-state index in [1.54, 1.807) is 0 Å². The van der Waals surface area contributed by atoms with Gasteiger partial charge in [0.15, 0.2) is 0 Å². The van der Waals surface area contributed by atoms with Crippen molar-refractivity contribution in [1.82, 2.24) is 4.57 Å². The number of hydrogen-bond acceptors (Lipinski definition) is 2. The molecule has 0 saturated heterocycles. The van der Waals surface area contributed by atoms with Gasteiger partial charge in [0.05, 0.1) is 34.2 Å². The van der Waals surface area contributed by atoms with Crippen LogP contribution in [0.4, 0.5) is 11.4 Å². The van der Waals surface area contributed by atoms with Crippen LogP contribution in [0.15, 0.2) is 70.6 Å². The molecule has 0 saturated carbocycles. The molecule has 0 aliphatic carbocycles. The summed E-state index contributed by atoms with van der Waals surface area (Å²) in [6.07, 6.45) is 0. The molecule has 0 atom stereocenters. The van der Waals surface area contributed by atoms with Gasteiger partial charge in [0.1, 0.15) is 0 Å². The van der Waals surface area contributed by atoms with Crippen LogP contribution >= 0.6 is 20.2 Å². The number of hydrogen-bond donors (Lipinski definition) is 0. The number of rotatable bonds is 4. The second-order valence-electron chi connectivity index (χ2n) is 6.78. The molecule has 0 bridgehead atoms. The zero-order valence-corrected chi connectivity index (χ0v) is 19.8. The number of aryl methyl sites for hydroxylation is 2. The molecule has 29 heavy (non-hydrogen) atoms. The molecule has 0 fully saturated rings. The fourth-order valence-electron chi connectivity index (χ4n) is 2.98. The second kappa shape index (κ2) is 11.4. The van der Waals surface area contributed by atoms with E-state index >= 15 is 0 Å². The third kappa shape index (κ3) is 6.87. The molecular weight excluding hydrogens is 445 g/mol. The van der Waals surface area contributed by atoms with Gasteiger partial charge in [-0.15, -0.1) is 0 Å². The molecule has 1 heterocycles. The summed E-state index contributed by atoms with van der Waals surface area (Å²) in [5.74, 6) is 0. The minimum atomic E-state index is 0.194. The van der Waals surface area contributed by atoms with E-state index in [0.29, 0.717) is 0 Å². The van der Waals surface area contributed by atoms with Gasteiger partial charge in [-0.25, -0.2) is 0 Å².